The summed E-state index contributed by atoms with van der Waals surface area (Å²) in [6.07, 6.45) is 0. The number of carbonyl (C=O) groups is 1. The molecule has 1 aromatic carbocycles. The summed E-state index contributed by atoms with van der Waals surface area (Å²) in [5.74, 6) is -0.748. The molecular formula is C20H28F2N2O2S. The normalized spacial score (nSPS) is 28.8. The van der Waals surface area contributed by atoms with E-state index in [2.05, 4.69) is 20.8 Å². The summed E-state index contributed by atoms with van der Waals surface area (Å²) < 4.78 is 35.8. The lowest BCUT2D eigenvalue weighted by atomic mass is 9.93. The molecular weight excluding hydrogens is 370 g/mol. The van der Waals surface area contributed by atoms with Crippen LogP contribution in [0.5, 0.6) is 0 Å². The van der Waals surface area contributed by atoms with Crippen molar-refractivity contribution in [3.8, 4) is 0 Å². The van der Waals surface area contributed by atoms with E-state index < -0.39 is 17.2 Å². The Morgan fingerprint density at radius 3 is 2.52 bits per heavy atom. The van der Waals surface area contributed by atoms with Crippen LogP contribution in [-0.2, 0) is 16.1 Å². The van der Waals surface area contributed by atoms with Gasteiger partial charge in [0.15, 0.2) is 5.67 Å². The van der Waals surface area contributed by atoms with Crippen molar-refractivity contribution in [1.29, 1.82) is 0 Å². The summed E-state index contributed by atoms with van der Waals surface area (Å²) in [6, 6.07) is 7.94. The highest BCUT2D eigenvalue weighted by Crippen LogP contribution is 2.46. The minimum Gasteiger partial charge on any atom is -0.383 e. The molecule has 0 saturated carbocycles. The van der Waals surface area contributed by atoms with Crippen LogP contribution in [0.3, 0.4) is 0 Å². The van der Waals surface area contributed by atoms with Crippen molar-refractivity contribution in [1.82, 2.24) is 9.80 Å². The summed E-state index contributed by atoms with van der Waals surface area (Å²) in [5, 5.41) is 0. The van der Waals surface area contributed by atoms with Crippen LogP contribution in [0, 0.1) is 0 Å². The summed E-state index contributed by atoms with van der Waals surface area (Å²) in [6.45, 7) is 6.84. The molecule has 3 rings (SSSR count). The van der Waals surface area contributed by atoms with E-state index in [4.69, 9.17) is 4.74 Å². The molecule has 0 unspecified atom stereocenters. The predicted molar refractivity (Wildman–Crippen MR) is 103 cm³/mol. The van der Waals surface area contributed by atoms with Gasteiger partial charge < -0.3 is 9.64 Å². The molecule has 7 heteroatoms. The van der Waals surface area contributed by atoms with Crippen LogP contribution in [0.15, 0.2) is 29.2 Å². The fraction of sp³-hybridized carbons (Fsp3) is 0.650. The summed E-state index contributed by atoms with van der Waals surface area (Å²) in [7, 11) is 1.51. The van der Waals surface area contributed by atoms with Gasteiger partial charge in [0.2, 0.25) is 5.67 Å². The SMILES string of the molecule is COCCN1C[C@@]2(F)CN(Cc3ccccc3SC(C)(C)C)C[C@@]2(F)C1=O. The van der Waals surface area contributed by atoms with Crippen LogP contribution in [0.25, 0.3) is 0 Å². The van der Waals surface area contributed by atoms with Crippen LogP contribution < -0.4 is 0 Å². The number of likely N-dealkylation sites (tertiary alicyclic amines) is 2. The number of alkyl halides is 2. The molecule has 27 heavy (non-hydrogen) atoms. The van der Waals surface area contributed by atoms with Crippen molar-refractivity contribution >= 4 is 17.7 Å². The fourth-order valence-electron chi connectivity index (χ4n) is 3.84. The van der Waals surface area contributed by atoms with Crippen molar-refractivity contribution in [2.75, 3.05) is 39.9 Å². The van der Waals surface area contributed by atoms with Crippen molar-refractivity contribution in [2.24, 2.45) is 0 Å². The molecule has 0 radical (unpaired) electrons. The number of halogens is 2. The number of amides is 1. The Morgan fingerprint density at radius 1 is 1.19 bits per heavy atom. The second-order valence-corrected chi connectivity index (χ2v) is 10.3. The van der Waals surface area contributed by atoms with Gasteiger partial charge in [-0.25, -0.2) is 8.78 Å². The second kappa shape index (κ2) is 7.33. The van der Waals surface area contributed by atoms with Gasteiger partial charge in [-0.1, -0.05) is 39.0 Å². The van der Waals surface area contributed by atoms with E-state index >= 15 is 8.78 Å². The van der Waals surface area contributed by atoms with Gasteiger partial charge in [0, 0.05) is 42.9 Å². The zero-order valence-electron chi connectivity index (χ0n) is 16.4. The van der Waals surface area contributed by atoms with Crippen molar-refractivity contribution in [3.05, 3.63) is 29.8 Å². The van der Waals surface area contributed by atoms with E-state index in [1.165, 1.54) is 12.0 Å². The molecule has 0 spiro atoms. The van der Waals surface area contributed by atoms with E-state index in [0.717, 1.165) is 10.5 Å². The van der Waals surface area contributed by atoms with Gasteiger partial charge in [-0.3, -0.25) is 9.69 Å². The van der Waals surface area contributed by atoms with Gasteiger partial charge >= 0.3 is 0 Å². The van der Waals surface area contributed by atoms with E-state index in [9.17, 15) is 4.79 Å². The topological polar surface area (TPSA) is 32.8 Å². The zero-order valence-corrected chi connectivity index (χ0v) is 17.2. The Bertz CT molecular complexity index is 711. The Morgan fingerprint density at radius 2 is 1.89 bits per heavy atom. The Labute approximate surface area is 164 Å². The predicted octanol–water partition coefficient (Wildman–Crippen LogP) is 3.30. The van der Waals surface area contributed by atoms with E-state index in [0.29, 0.717) is 6.54 Å². The van der Waals surface area contributed by atoms with Crippen LogP contribution in [-0.4, -0.2) is 71.7 Å². The van der Waals surface area contributed by atoms with Gasteiger partial charge in [0.05, 0.1) is 13.2 Å². The number of hydrogen-bond acceptors (Lipinski definition) is 4. The number of hydrogen-bond donors (Lipinski definition) is 0. The molecule has 2 saturated heterocycles. The number of thioether (sulfide) groups is 1. The smallest absolute Gasteiger partial charge is 0.265 e. The number of ether oxygens (including phenoxy) is 1. The summed E-state index contributed by atoms with van der Waals surface area (Å²) >= 11 is 1.74. The van der Waals surface area contributed by atoms with Crippen molar-refractivity contribution < 1.29 is 18.3 Å². The highest BCUT2D eigenvalue weighted by atomic mass is 32.2. The maximum absolute atomic E-state index is 15.4. The lowest BCUT2D eigenvalue weighted by Gasteiger charge is -2.24. The standard InChI is InChI=1S/C20H28F2N2O2S/c1-18(2,3)27-16-8-6-5-7-15(16)11-23-12-19(21)13-24(9-10-26-4)17(25)20(19,22)14-23/h5-8H,9-14H2,1-4H3/t19-,20+/m0/s1. The number of benzene rings is 1. The monoisotopic (exact) mass is 398 g/mol. The molecule has 0 N–H and O–H groups in total. The molecule has 0 bridgehead atoms. The first-order valence-corrected chi connectivity index (χ1v) is 10.1. The largest absolute Gasteiger partial charge is 0.383 e. The van der Waals surface area contributed by atoms with Crippen LogP contribution >= 0.6 is 11.8 Å². The molecule has 0 aromatic heterocycles. The van der Waals surface area contributed by atoms with Gasteiger partial charge in [-0.15, -0.1) is 11.8 Å². The number of carbonyl (C=O) groups excluding carboxylic acids is 1. The highest BCUT2D eigenvalue weighted by molar-refractivity contribution is 8.00. The molecule has 150 valence electrons. The minimum absolute atomic E-state index is 0.0397. The van der Waals surface area contributed by atoms with Gasteiger partial charge in [-0.2, -0.15) is 0 Å². The Hall–Kier alpha value is -1.18. The molecule has 4 nitrogen and oxygen atoms in total. The van der Waals surface area contributed by atoms with Crippen LogP contribution in [0.4, 0.5) is 8.78 Å². The average molecular weight is 399 g/mol. The Kier molecular flexibility index (Phi) is 5.58. The van der Waals surface area contributed by atoms with E-state index in [-0.39, 0.29) is 37.5 Å². The number of methoxy groups -OCH3 is 1. The van der Waals surface area contributed by atoms with Crippen LogP contribution in [0.2, 0.25) is 0 Å². The third kappa shape index (κ3) is 4.00. The van der Waals surface area contributed by atoms with Gasteiger partial charge in [-0.05, 0) is 11.6 Å². The maximum atomic E-state index is 15.4. The highest BCUT2D eigenvalue weighted by Gasteiger charge is 2.70. The fourth-order valence-corrected chi connectivity index (χ4v) is 4.91. The van der Waals surface area contributed by atoms with Crippen LogP contribution in [0.1, 0.15) is 26.3 Å². The second-order valence-electron chi connectivity index (χ2n) is 8.45. The average Bonchev–Trinajstić information content (AvgIpc) is 2.91. The first kappa shape index (κ1) is 20.6. The van der Waals surface area contributed by atoms with Crippen molar-refractivity contribution in [3.63, 3.8) is 0 Å². The molecule has 1 amide bonds. The first-order chi connectivity index (χ1) is 12.6. The third-order valence-corrected chi connectivity index (χ3v) is 6.27. The molecule has 2 aliphatic heterocycles. The first-order valence-electron chi connectivity index (χ1n) is 9.23. The number of fused-ring (bicyclic) bond motifs is 1. The number of rotatable bonds is 6. The minimum atomic E-state index is -2.47. The number of nitrogens with zero attached hydrogens (tertiary/aromatic N) is 2. The quantitative estimate of drug-likeness (QED) is 0.689. The molecule has 2 atom stereocenters. The van der Waals surface area contributed by atoms with Gasteiger partial charge in [0.25, 0.3) is 5.91 Å². The third-order valence-electron chi connectivity index (χ3n) is 5.04. The summed E-state index contributed by atoms with van der Waals surface area (Å²) in [4.78, 5) is 16.6. The molecule has 1 aromatic rings. The molecule has 0 aliphatic carbocycles. The Balaban J connectivity index is 1.74. The lowest BCUT2D eigenvalue weighted by Crippen LogP contribution is -2.47. The lowest BCUT2D eigenvalue weighted by molar-refractivity contribution is -0.139. The molecule has 2 aliphatic rings. The van der Waals surface area contributed by atoms with Gasteiger partial charge in [0.1, 0.15) is 0 Å². The molecule has 2 heterocycles. The van der Waals surface area contributed by atoms with Crippen molar-refractivity contribution in [2.45, 2.75) is 48.3 Å². The zero-order chi connectivity index (χ0) is 19.9. The molecule has 2 fully saturated rings. The maximum Gasteiger partial charge on any atom is 0.265 e. The van der Waals surface area contributed by atoms with E-state index in [1.807, 2.05) is 24.3 Å². The summed E-state index contributed by atoms with van der Waals surface area (Å²) in [5.41, 5.74) is -3.59. The van der Waals surface area contributed by atoms with E-state index in [1.54, 1.807) is 16.7 Å².